The molecule has 3 heteroatoms. The van der Waals surface area contributed by atoms with Gasteiger partial charge in [-0.2, -0.15) is 0 Å². The fourth-order valence-electron chi connectivity index (χ4n) is 3.39. The van der Waals surface area contributed by atoms with Crippen molar-refractivity contribution in [3.63, 3.8) is 0 Å². The summed E-state index contributed by atoms with van der Waals surface area (Å²) in [6.45, 7) is 1.47. The molecule has 0 radical (unpaired) electrons. The van der Waals surface area contributed by atoms with Gasteiger partial charge < -0.3 is 10.0 Å². The lowest BCUT2D eigenvalue weighted by Crippen LogP contribution is -2.49. The second kappa shape index (κ2) is 6.02. The van der Waals surface area contributed by atoms with Crippen molar-refractivity contribution in [2.45, 2.75) is 44.1 Å². The highest BCUT2D eigenvalue weighted by molar-refractivity contribution is 5.85. The van der Waals surface area contributed by atoms with Gasteiger partial charge >= 0.3 is 0 Å². The van der Waals surface area contributed by atoms with Crippen LogP contribution in [0.3, 0.4) is 0 Å². The Morgan fingerprint density at radius 2 is 1.71 bits per heavy atom. The lowest BCUT2D eigenvalue weighted by atomic mass is 9.96. The van der Waals surface area contributed by atoms with Crippen LogP contribution in [0.15, 0.2) is 35.9 Å². The summed E-state index contributed by atoms with van der Waals surface area (Å²) in [4.78, 5) is 14.3. The molecule has 1 heterocycles. The van der Waals surface area contributed by atoms with Crippen LogP contribution in [-0.2, 0) is 4.79 Å². The van der Waals surface area contributed by atoms with Crippen LogP contribution < -0.4 is 0 Å². The first-order valence-electron chi connectivity index (χ1n) is 7.94. The molecule has 1 aliphatic heterocycles. The van der Waals surface area contributed by atoms with E-state index in [4.69, 9.17) is 0 Å². The largest absolute Gasteiger partial charge is 0.380 e. The molecule has 112 valence electrons. The number of carbonyl (C=O) groups is 1. The average Bonchev–Trinajstić information content (AvgIpc) is 2.96. The molecule has 0 unspecified atom stereocenters. The molecule has 0 bridgehead atoms. The van der Waals surface area contributed by atoms with Crippen molar-refractivity contribution in [1.29, 1.82) is 0 Å². The maximum absolute atomic E-state index is 12.4. The van der Waals surface area contributed by atoms with Crippen LogP contribution in [-0.4, -0.2) is 34.6 Å². The summed E-state index contributed by atoms with van der Waals surface area (Å²) in [5.74, 6) is -0.0428. The van der Waals surface area contributed by atoms with E-state index in [1.807, 2.05) is 23.1 Å². The maximum atomic E-state index is 12.4. The van der Waals surface area contributed by atoms with Crippen LogP contribution >= 0.6 is 0 Å². The predicted octanol–water partition coefficient (Wildman–Crippen LogP) is 3.00. The Morgan fingerprint density at radius 1 is 1.10 bits per heavy atom. The van der Waals surface area contributed by atoms with Gasteiger partial charge in [-0.25, -0.2) is 0 Å². The molecule has 1 saturated heterocycles. The van der Waals surface area contributed by atoms with Crippen molar-refractivity contribution in [2.24, 2.45) is 0 Å². The summed E-state index contributed by atoms with van der Waals surface area (Å²) in [5.41, 5.74) is 1.55. The Bertz CT molecular complexity index is 519. The smallest absolute Gasteiger partial charge is 0.254 e. The van der Waals surface area contributed by atoms with Gasteiger partial charge in [0.2, 0.25) is 0 Å². The lowest BCUT2D eigenvalue weighted by Gasteiger charge is -2.34. The van der Waals surface area contributed by atoms with E-state index >= 15 is 0 Å². The minimum atomic E-state index is -1.07. The van der Waals surface area contributed by atoms with Crippen LogP contribution in [0.1, 0.15) is 44.1 Å². The van der Waals surface area contributed by atoms with Gasteiger partial charge in [-0.1, -0.05) is 42.0 Å². The Hall–Kier alpha value is -1.61. The molecule has 0 aromatic heterocycles. The molecule has 1 N–H and O–H groups in total. The molecule has 1 aromatic rings. The first-order valence-corrected chi connectivity index (χ1v) is 7.94. The molecule has 0 atom stereocenters. The van der Waals surface area contributed by atoms with Gasteiger partial charge in [0.05, 0.1) is 0 Å². The number of piperidine rings is 1. The molecule has 1 amide bonds. The number of aliphatic hydroxyl groups is 1. The zero-order valence-electron chi connectivity index (χ0n) is 12.4. The fourth-order valence-corrected chi connectivity index (χ4v) is 3.39. The molecule has 1 aromatic carbocycles. The van der Waals surface area contributed by atoms with Crippen molar-refractivity contribution < 1.29 is 9.90 Å². The van der Waals surface area contributed by atoms with Crippen LogP contribution in [0.25, 0.3) is 6.08 Å². The molecular weight excluding hydrogens is 262 g/mol. The van der Waals surface area contributed by atoms with E-state index in [9.17, 15) is 9.90 Å². The highest BCUT2D eigenvalue weighted by Crippen LogP contribution is 2.32. The second-order valence-corrected chi connectivity index (χ2v) is 6.24. The average molecular weight is 285 g/mol. The fraction of sp³-hybridized carbons (Fsp3) is 0.500. The van der Waals surface area contributed by atoms with E-state index in [1.165, 1.54) is 11.1 Å². The van der Waals surface area contributed by atoms with E-state index in [-0.39, 0.29) is 5.91 Å². The van der Waals surface area contributed by atoms with Crippen molar-refractivity contribution in [2.75, 3.05) is 13.1 Å². The van der Waals surface area contributed by atoms with E-state index in [2.05, 4.69) is 18.2 Å². The quantitative estimate of drug-likeness (QED) is 0.907. The van der Waals surface area contributed by atoms with Gasteiger partial charge in [-0.05, 0) is 44.1 Å². The van der Waals surface area contributed by atoms with Crippen LogP contribution in [0, 0.1) is 0 Å². The first kappa shape index (κ1) is 14.3. The normalized spacial score (nSPS) is 21.4. The molecule has 3 rings (SSSR count). The van der Waals surface area contributed by atoms with E-state index in [0.29, 0.717) is 12.8 Å². The molecular formula is C18H23NO2. The summed E-state index contributed by atoms with van der Waals surface area (Å²) < 4.78 is 0. The standard InChI is InChI=1S/C18H23NO2/c20-17(18(21)10-4-5-11-18)19-12-8-16(9-13-19)14-15-6-2-1-3-7-15/h1-3,6-7,14,21H,4-5,8-13H2. The Kier molecular flexibility index (Phi) is 4.11. The zero-order valence-corrected chi connectivity index (χ0v) is 12.4. The number of carbonyl (C=O) groups excluding carboxylic acids is 1. The monoisotopic (exact) mass is 285 g/mol. The number of nitrogens with zero attached hydrogens (tertiary/aromatic N) is 1. The van der Waals surface area contributed by atoms with Crippen LogP contribution in [0.4, 0.5) is 0 Å². The minimum absolute atomic E-state index is 0.0428. The number of likely N-dealkylation sites (tertiary alicyclic amines) is 1. The minimum Gasteiger partial charge on any atom is -0.380 e. The lowest BCUT2D eigenvalue weighted by molar-refractivity contribution is -0.151. The summed E-state index contributed by atoms with van der Waals surface area (Å²) >= 11 is 0. The SMILES string of the molecule is O=C(N1CCC(=Cc2ccccc2)CC1)C1(O)CCCC1. The number of amides is 1. The van der Waals surface area contributed by atoms with Gasteiger partial charge in [0.1, 0.15) is 5.60 Å². The van der Waals surface area contributed by atoms with E-state index in [0.717, 1.165) is 38.8 Å². The van der Waals surface area contributed by atoms with Crippen molar-refractivity contribution in [3.05, 3.63) is 41.5 Å². The first-order chi connectivity index (χ1) is 10.2. The van der Waals surface area contributed by atoms with Gasteiger partial charge in [0, 0.05) is 13.1 Å². The van der Waals surface area contributed by atoms with Crippen molar-refractivity contribution in [3.8, 4) is 0 Å². The summed E-state index contributed by atoms with van der Waals surface area (Å²) in [6.07, 6.45) is 7.26. The maximum Gasteiger partial charge on any atom is 0.254 e. The third-order valence-corrected chi connectivity index (χ3v) is 4.69. The highest BCUT2D eigenvalue weighted by atomic mass is 16.3. The topological polar surface area (TPSA) is 40.5 Å². The Morgan fingerprint density at radius 3 is 2.33 bits per heavy atom. The predicted molar refractivity (Wildman–Crippen MR) is 83.7 cm³/mol. The van der Waals surface area contributed by atoms with Crippen molar-refractivity contribution >= 4 is 12.0 Å². The second-order valence-electron chi connectivity index (χ2n) is 6.24. The van der Waals surface area contributed by atoms with E-state index < -0.39 is 5.60 Å². The van der Waals surface area contributed by atoms with Gasteiger partial charge in [-0.15, -0.1) is 0 Å². The third-order valence-electron chi connectivity index (χ3n) is 4.69. The number of hydrogen-bond acceptors (Lipinski definition) is 2. The molecule has 1 saturated carbocycles. The molecule has 2 aliphatic rings. The highest BCUT2D eigenvalue weighted by Gasteiger charge is 2.41. The molecule has 21 heavy (non-hydrogen) atoms. The van der Waals surface area contributed by atoms with Gasteiger partial charge in [-0.3, -0.25) is 4.79 Å². The van der Waals surface area contributed by atoms with Crippen LogP contribution in [0.5, 0.6) is 0 Å². The van der Waals surface area contributed by atoms with Gasteiger partial charge in [0.25, 0.3) is 5.91 Å². The number of rotatable bonds is 2. The summed E-state index contributed by atoms with van der Waals surface area (Å²) in [6, 6.07) is 10.3. The molecule has 0 spiro atoms. The number of benzene rings is 1. The Balaban J connectivity index is 1.60. The van der Waals surface area contributed by atoms with Crippen molar-refractivity contribution in [1.82, 2.24) is 4.90 Å². The van der Waals surface area contributed by atoms with Crippen LogP contribution in [0.2, 0.25) is 0 Å². The number of hydrogen-bond donors (Lipinski definition) is 1. The Labute approximate surface area is 126 Å². The van der Waals surface area contributed by atoms with E-state index in [1.54, 1.807) is 0 Å². The summed E-state index contributed by atoms with van der Waals surface area (Å²) in [7, 11) is 0. The molecule has 3 nitrogen and oxygen atoms in total. The third kappa shape index (κ3) is 3.18. The molecule has 1 aliphatic carbocycles. The van der Waals surface area contributed by atoms with Gasteiger partial charge in [0.15, 0.2) is 0 Å². The summed E-state index contributed by atoms with van der Waals surface area (Å²) in [5, 5.41) is 10.4. The zero-order chi connectivity index (χ0) is 14.7. The molecule has 2 fully saturated rings.